The van der Waals surface area contributed by atoms with Crippen LogP contribution in [-0.4, -0.2) is 17.6 Å². The van der Waals surface area contributed by atoms with Crippen molar-refractivity contribution in [1.29, 1.82) is 0 Å². The van der Waals surface area contributed by atoms with Crippen LogP contribution in [0, 0.1) is 5.82 Å². The van der Waals surface area contributed by atoms with E-state index in [4.69, 9.17) is 5.11 Å². The molecular weight excluding hydrogens is 187 g/mol. The fourth-order valence-corrected chi connectivity index (χ4v) is 0.977. The van der Waals surface area contributed by atoms with Crippen LogP contribution in [0.1, 0.15) is 17.3 Å². The first kappa shape index (κ1) is 10.5. The molecule has 1 aromatic carbocycles. The first-order valence-electron chi connectivity index (χ1n) is 4.17. The molecule has 14 heavy (non-hydrogen) atoms. The third-order valence-electron chi connectivity index (χ3n) is 1.63. The van der Waals surface area contributed by atoms with Crippen LogP contribution >= 0.6 is 0 Å². The topological polar surface area (TPSA) is 61.4 Å². The minimum absolute atomic E-state index is 0.131. The van der Waals surface area contributed by atoms with E-state index in [0.29, 0.717) is 6.54 Å². The number of halogens is 1. The summed E-state index contributed by atoms with van der Waals surface area (Å²) in [6.07, 6.45) is 0. The Balaban J connectivity index is 2.95. The summed E-state index contributed by atoms with van der Waals surface area (Å²) in [5.41, 5.74) is 5.05. The molecule has 1 rings (SSSR count). The quantitative estimate of drug-likeness (QED) is 0.641. The largest absolute Gasteiger partial charge is 0.478 e. The standard InChI is InChI=1S/C9H11FN2O2/c1-2-11-12-7-5-3-4-6(8(7)10)9(13)14/h3-5,11-12H,2H2,1H3,(H,13,14). The predicted molar refractivity (Wildman–Crippen MR) is 50.7 cm³/mol. The van der Waals surface area contributed by atoms with Gasteiger partial charge in [0.2, 0.25) is 0 Å². The van der Waals surface area contributed by atoms with Gasteiger partial charge < -0.3 is 10.5 Å². The lowest BCUT2D eigenvalue weighted by molar-refractivity contribution is 0.0692. The molecule has 0 aromatic heterocycles. The predicted octanol–water partition coefficient (Wildman–Crippen LogP) is 1.46. The molecule has 0 saturated carbocycles. The number of nitrogens with one attached hydrogen (secondary N) is 2. The summed E-state index contributed by atoms with van der Waals surface area (Å²) in [6.45, 7) is 2.45. The zero-order valence-electron chi connectivity index (χ0n) is 7.67. The van der Waals surface area contributed by atoms with Crippen molar-refractivity contribution < 1.29 is 14.3 Å². The summed E-state index contributed by atoms with van der Waals surface area (Å²) in [6, 6.07) is 4.16. The number of aromatic carboxylic acids is 1. The molecule has 0 radical (unpaired) electrons. The monoisotopic (exact) mass is 198 g/mol. The van der Waals surface area contributed by atoms with Gasteiger partial charge in [-0.25, -0.2) is 14.6 Å². The fraction of sp³-hybridized carbons (Fsp3) is 0.222. The molecule has 0 aliphatic rings. The zero-order chi connectivity index (χ0) is 10.6. The third kappa shape index (κ3) is 2.20. The molecule has 0 atom stereocenters. The Morgan fingerprint density at radius 3 is 2.86 bits per heavy atom. The maximum Gasteiger partial charge on any atom is 0.338 e. The molecule has 0 fully saturated rings. The smallest absolute Gasteiger partial charge is 0.338 e. The van der Waals surface area contributed by atoms with E-state index in [9.17, 15) is 9.18 Å². The van der Waals surface area contributed by atoms with E-state index in [1.165, 1.54) is 18.2 Å². The first-order chi connectivity index (χ1) is 6.66. The van der Waals surface area contributed by atoms with Gasteiger partial charge in [-0.15, -0.1) is 0 Å². The van der Waals surface area contributed by atoms with Gasteiger partial charge in [0, 0.05) is 6.54 Å². The summed E-state index contributed by atoms with van der Waals surface area (Å²) in [4.78, 5) is 10.6. The van der Waals surface area contributed by atoms with E-state index in [1.807, 2.05) is 6.92 Å². The molecule has 3 N–H and O–H groups in total. The number of hydrazine groups is 1. The van der Waals surface area contributed by atoms with Gasteiger partial charge in [0.05, 0.1) is 11.3 Å². The van der Waals surface area contributed by atoms with E-state index in [-0.39, 0.29) is 11.3 Å². The van der Waals surface area contributed by atoms with Crippen molar-refractivity contribution in [3.8, 4) is 0 Å². The van der Waals surface area contributed by atoms with Gasteiger partial charge in [-0.2, -0.15) is 0 Å². The van der Waals surface area contributed by atoms with Crippen molar-refractivity contribution in [1.82, 2.24) is 5.43 Å². The number of carbonyl (C=O) groups is 1. The number of hydrogen-bond donors (Lipinski definition) is 3. The molecular formula is C9H11FN2O2. The molecule has 4 nitrogen and oxygen atoms in total. The maximum absolute atomic E-state index is 13.4. The van der Waals surface area contributed by atoms with E-state index in [1.54, 1.807) is 0 Å². The molecule has 0 heterocycles. The highest BCUT2D eigenvalue weighted by Gasteiger charge is 2.12. The Kier molecular flexibility index (Phi) is 3.41. The lowest BCUT2D eigenvalue weighted by Gasteiger charge is -2.08. The number of rotatable bonds is 4. The highest BCUT2D eigenvalue weighted by Crippen LogP contribution is 2.16. The van der Waals surface area contributed by atoms with Crippen LogP contribution in [0.5, 0.6) is 0 Å². The molecule has 0 amide bonds. The number of carboxylic acid groups (broad SMARTS) is 1. The summed E-state index contributed by atoms with van der Waals surface area (Å²) in [7, 11) is 0. The fourth-order valence-electron chi connectivity index (χ4n) is 0.977. The van der Waals surface area contributed by atoms with Gasteiger partial charge in [0.1, 0.15) is 0 Å². The summed E-state index contributed by atoms with van der Waals surface area (Å²) in [5.74, 6) is -2.04. The van der Waals surface area contributed by atoms with E-state index >= 15 is 0 Å². The minimum Gasteiger partial charge on any atom is -0.478 e. The van der Waals surface area contributed by atoms with E-state index < -0.39 is 11.8 Å². The molecule has 0 unspecified atom stereocenters. The summed E-state index contributed by atoms with van der Waals surface area (Å²) < 4.78 is 13.4. The summed E-state index contributed by atoms with van der Waals surface area (Å²) >= 11 is 0. The van der Waals surface area contributed by atoms with Crippen molar-refractivity contribution in [2.45, 2.75) is 6.92 Å². The molecule has 0 aliphatic carbocycles. The second-order valence-corrected chi connectivity index (χ2v) is 2.63. The Morgan fingerprint density at radius 2 is 2.29 bits per heavy atom. The second kappa shape index (κ2) is 4.57. The van der Waals surface area contributed by atoms with Crippen LogP contribution < -0.4 is 10.9 Å². The minimum atomic E-state index is -1.28. The van der Waals surface area contributed by atoms with Crippen molar-refractivity contribution in [2.75, 3.05) is 12.0 Å². The van der Waals surface area contributed by atoms with Crippen LogP contribution in [0.15, 0.2) is 18.2 Å². The molecule has 76 valence electrons. The number of carboxylic acids is 1. The number of benzene rings is 1. The van der Waals surface area contributed by atoms with Gasteiger partial charge in [-0.1, -0.05) is 13.0 Å². The van der Waals surface area contributed by atoms with E-state index in [2.05, 4.69) is 10.9 Å². The van der Waals surface area contributed by atoms with Gasteiger partial charge in [0.15, 0.2) is 5.82 Å². The lowest BCUT2D eigenvalue weighted by Crippen LogP contribution is -2.22. The molecule has 0 saturated heterocycles. The Morgan fingerprint density at radius 1 is 1.57 bits per heavy atom. The van der Waals surface area contributed by atoms with Crippen molar-refractivity contribution in [2.24, 2.45) is 0 Å². The van der Waals surface area contributed by atoms with Crippen molar-refractivity contribution in [3.05, 3.63) is 29.6 Å². The first-order valence-corrected chi connectivity index (χ1v) is 4.17. The molecule has 0 bridgehead atoms. The van der Waals surface area contributed by atoms with E-state index in [0.717, 1.165) is 0 Å². The van der Waals surface area contributed by atoms with Gasteiger partial charge in [0.25, 0.3) is 0 Å². The lowest BCUT2D eigenvalue weighted by atomic mass is 10.2. The van der Waals surface area contributed by atoms with Gasteiger partial charge >= 0.3 is 5.97 Å². The highest BCUT2D eigenvalue weighted by molar-refractivity contribution is 5.89. The van der Waals surface area contributed by atoms with Crippen LogP contribution in [0.25, 0.3) is 0 Å². The summed E-state index contributed by atoms with van der Waals surface area (Å²) in [5, 5.41) is 8.63. The second-order valence-electron chi connectivity index (χ2n) is 2.63. The average molecular weight is 198 g/mol. The third-order valence-corrected chi connectivity index (χ3v) is 1.63. The van der Waals surface area contributed by atoms with Crippen LogP contribution in [0.4, 0.5) is 10.1 Å². The van der Waals surface area contributed by atoms with Crippen molar-refractivity contribution in [3.63, 3.8) is 0 Å². The molecule has 1 aromatic rings. The zero-order valence-corrected chi connectivity index (χ0v) is 7.67. The molecule has 0 aliphatic heterocycles. The molecule has 0 spiro atoms. The van der Waals surface area contributed by atoms with Gasteiger partial charge in [-0.3, -0.25) is 0 Å². The van der Waals surface area contributed by atoms with Crippen molar-refractivity contribution >= 4 is 11.7 Å². The highest BCUT2D eigenvalue weighted by atomic mass is 19.1. The SMILES string of the molecule is CCNNc1cccc(C(=O)O)c1F. The van der Waals surface area contributed by atoms with Crippen LogP contribution in [-0.2, 0) is 0 Å². The average Bonchev–Trinajstić information content (AvgIpc) is 2.16. The Hall–Kier alpha value is -1.62. The van der Waals surface area contributed by atoms with Crippen LogP contribution in [0.2, 0.25) is 0 Å². The number of anilines is 1. The maximum atomic E-state index is 13.4. The number of hydrogen-bond acceptors (Lipinski definition) is 3. The Bertz CT molecular complexity index is 342. The Labute approximate surface area is 80.7 Å². The normalized spacial score (nSPS) is 9.86. The molecule has 5 heteroatoms. The van der Waals surface area contributed by atoms with Crippen LogP contribution in [0.3, 0.4) is 0 Å². The van der Waals surface area contributed by atoms with Gasteiger partial charge in [-0.05, 0) is 12.1 Å².